The van der Waals surface area contributed by atoms with Crippen molar-refractivity contribution in [1.29, 1.82) is 0 Å². The van der Waals surface area contributed by atoms with Gasteiger partial charge in [0.1, 0.15) is 11.3 Å². The Hall–Kier alpha value is -1.71. The summed E-state index contributed by atoms with van der Waals surface area (Å²) < 4.78 is 5.29. The summed E-state index contributed by atoms with van der Waals surface area (Å²) in [6.07, 6.45) is 3.64. The Morgan fingerprint density at radius 1 is 1.42 bits per heavy atom. The first-order chi connectivity index (χ1) is 9.10. The number of anilines is 1. The molecule has 2 atom stereocenters. The number of ether oxygens (including phenoxy) is 1. The lowest BCUT2D eigenvalue weighted by molar-refractivity contribution is -0.145. The van der Waals surface area contributed by atoms with E-state index in [2.05, 4.69) is 5.32 Å². The van der Waals surface area contributed by atoms with E-state index in [4.69, 9.17) is 4.74 Å². The summed E-state index contributed by atoms with van der Waals surface area (Å²) in [5.74, 6) is 0.00941. The molecule has 1 aliphatic rings. The van der Waals surface area contributed by atoms with Crippen LogP contribution < -0.4 is 10.1 Å². The van der Waals surface area contributed by atoms with Gasteiger partial charge in [-0.25, -0.2) is 4.79 Å². The van der Waals surface area contributed by atoms with Crippen LogP contribution in [0.15, 0.2) is 24.3 Å². The fraction of sp³-hybridized carbons (Fsp3) is 0.533. The van der Waals surface area contributed by atoms with E-state index >= 15 is 0 Å². The molecule has 1 aromatic carbocycles. The van der Waals surface area contributed by atoms with Crippen LogP contribution in [0.4, 0.5) is 5.69 Å². The number of rotatable bonds is 4. The van der Waals surface area contributed by atoms with Crippen LogP contribution in [0.1, 0.15) is 32.6 Å². The van der Waals surface area contributed by atoms with Crippen molar-refractivity contribution >= 4 is 11.7 Å². The SMILES string of the molecule is COc1ccccc1NC1(C(=O)O)CCCCC1C. The van der Waals surface area contributed by atoms with Crippen molar-refractivity contribution in [3.8, 4) is 5.75 Å². The van der Waals surface area contributed by atoms with Gasteiger partial charge in [-0.2, -0.15) is 0 Å². The summed E-state index contributed by atoms with van der Waals surface area (Å²) >= 11 is 0. The van der Waals surface area contributed by atoms with Crippen LogP contribution in [0.3, 0.4) is 0 Å². The van der Waals surface area contributed by atoms with E-state index in [0.29, 0.717) is 12.2 Å². The van der Waals surface area contributed by atoms with Gasteiger partial charge in [0, 0.05) is 0 Å². The molecule has 0 saturated heterocycles. The second-order valence-electron chi connectivity index (χ2n) is 5.25. The van der Waals surface area contributed by atoms with Crippen molar-refractivity contribution in [3.63, 3.8) is 0 Å². The maximum atomic E-state index is 11.8. The average Bonchev–Trinajstić information content (AvgIpc) is 2.41. The third-order valence-electron chi connectivity index (χ3n) is 4.15. The number of carbonyl (C=O) groups is 1. The molecule has 1 aromatic rings. The number of methoxy groups -OCH3 is 1. The lowest BCUT2D eigenvalue weighted by Crippen LogP contribution is -2.53. The van der Waals surface area contributed by atoms with Crippen LogP contribution >= 0.6 is 0 Å². The van der Waals surface area contributed by atoms with Crippen molar-refractivity contribution in [2.45, 2.75) is 38.1 Å². The minimum Gasteiger partial charge on any atom is -0.495 e. The summed E-state index contributed by atoms with van der Waals surface area (Å²) in [6.45, 7) is 2.01. The van der Waals surface area contributed by atoms with Crippen LogP contribution in [0.2, 0.25) is 0 Å². The van der Waals surface area contributed by atoms with E-state index in [1.807, 2.05) is 31.2 Å². The summed E-state index contributed by atoms with van der Waals surface area (Å²) in [4.78, 5) is 11.8. The monoisotopic (exact) mass is 263 g/mol. The minimum atomic E-state index is -0.882. The predicted molar refractivity (Wildman–Crippen MR) is 74.6 cm³/mol. The van der Waals surface area contributed by atoms with Crippen molar-refractivity contribution in [2.24, 2.45) is 5.92 Å². The third kappa shape index (κ3) is 2.53. The molecule has 4 nitrogen and oxygen atoms in total. The van der Waals surface area contributed by atoms with Gasteiger partial charge in [0.2, 0.25) is 0 Å². The van der Waals surface area contributed by atoms with E-state index in [1.54, 1.807) is 7.11 Å². The molecule has 0 aromatic heterocycles. The third-order valence-corrected chi connectivity index (χ3v) is 4.15. The molecule has 1 aliphatic carbocycles. The Bertz CT molecular complexity index is 460. The molecule has 104 valence electrons. The van der Waals surface area contributed by atoms with Crippen LogP contribution in [0, 0.1) is 5.92 Å². The highest BCUT2D eigenvalue weighted by molar-refractivity contribution is 5.84. The summed E-state index contributed by atoms with van der Waals surface area (Å²) in [5.41, 5.74) is -0.131. The van der Waals surface area contributed by atoms with Crippen LogP contribution in [-0.4, -0.2) is 23.7 Å². The number of aliphatic carboxylic acids is 1. The first-order valence-electron chi connectivity index (χ1n) is 6.75. The van der Waals surface area contributed by atoms with Gasteiger partial charge < -0.3 is 15.2 Å². The lowest BCUT2D eigenvalue weighted by Gasteiger charge is -2.40. The zero-order valence-corrected chi connectivity index (χ0v) is 11.5. The van der Waals surface area contributed by atoms with Crippen molar-refractivity contribution in [2.75, 3.05) is 12.4 Å². The van der Waals surface area contributed by atoms with Crippen molar-refractivity contribution in [3.05, 3.63) is 24.3 Å². The highest BCUT2D eigenvalue weighted by Gasteiger charge is 2.45. The molecular weight excluding hydrogens is 242 g/mol. The van der Waals surface area contributed by atoms with Crippen molar-refractivity contribution < 1.29 is 14.6 Å². The molecule has 0 spiro atoms. The Kier molecular flexibility index (Phi) is 3.98. The summed E-state index contributed by atoms with van der Waals surface area (Å²) in [5, 5.41) is 12.9. The molecule has 0 bridgehead atoms. The largest absolute Gasteiger partial charge is 0.495 e. The molecule has 19 heavy (non-hydrogen) atoms. The highest BCUT2D eigenvalue weighted by atomic mass is 16.5. The van der Waals surface area contributed by atoms with Gasteiger partial charge in [-0.05, 0) is 30.9 Å². The van der Waals surface area contributed by atoms with Crippen LogP contribution in [0.25, 0.3) is 0 Å². The zero-order valence-electron chi connectivity index (χ0n) is 11.5. The number of nitrogens with one attached hydrogen (secondary N) is 1. The Morgan fingerprint density at radius 2 is 2.16 bits per heavy atom. The molecule has 4 heteroatoms. The normalized spacial score (nSPS) is 26.7. The van der Waals surface area contributed by atoms with Gasteiger partial charge in [-0.3, -0.25) is 0 Å². The zero-order chi connectivity index (χ0) is 13.9. The standard InChI is InChI=1S/C15H21NO3/c1-11-7-5-6-10-15(11,14(17)18)16-12-8-3-4-9-13(12)19-2/h3-4,8-9,11,16H,5-7,10H2,1-2H3,(H,17,18). The molecule has 0 heterocycles. The van der Waals surface area contributed by atoms with Crippen LogP contribution in [-0.2, 0) is 4.79 Å². The molecule has 0 aliphatic heterocycles. The summed E-state index contributed by atoms with van der Waals surface area (Å²) in [7, 11) is 1.60. The maximum Gasteiger partial charge on any atom is 0.329 e. The fourth-order valence-electron chi connectivity index (χ4n) is 2.89. The van der Waals surface area contributed by atoms with Gasteiger partial charge in [-0.15, -0.1) is 0 Å². The number of benzene rings is 1. The molecule has 1 saturated carbocycles. The second-order valence-corrected chi connectivity index (χ2v) is 5.25. The second kappa shape index (κ2) is 5.51. The van der Waals surface area contributed by atoms with Gasteiger partial charge in [-0.1, -0.05) is 31.9 Å². The Morgan fingerprint density at radius 3 is 2.79 bits per heavy atom. The van der Waals surface area contributed by atoms with E-state index in [0.717, 1.165) is 24.9 Å². The molecule has 2 rings (SSSR count). The number of carboxylic acids is 1. The van der Waals surface area contributed by atoms with Gasteiger partial charge >= 0.3 is 5.97 Å². The number of hydrogen-bond donors (Lipinski definition) is 2. The highest BCUT2D eigenvalue weighted by Crippen LogP contribution is 2.38. The lowest BCUT2D eigenvalue weighted by atomic mass is 9.73. The molecule has 2 N–H and O–H groups in total. The molecular formula is C15H21NO3. The minimum absolute atomic E-state index is 0.101. The molecule has 1 fully saturated rings. The number of para-hydroxylation sites is 2. The van der Waals surface area contributed by atoms with E-state index in [1.165, 1.54) is 0 Å². The van der Waals surface area contributed by atoms with E-state index in [-0.39, 0.29) is 5.92 Å². The van der Waals surface area contributed by atoms with Gasteiger partial charge in [0.05, 0.1) is 12.8 Å². The molecule has 2 unspecified atom stereocenters. The Balaban J connectivity index is 2.33. The van der Waals surface area contributed by atoms with Gasteiger partial charge in [0.25, 0.3) is 0 Å². The number of hydrogen-bond acceptors (Lipinski definition) is 3. The first kappa shape index (κ1) is 13.7. The van der Waals surface area contributed by atoms with E-state index < -0.39 is 11.5 Å². The smallest absolute Gasteiger partial charge is 0.329 e. The average molecular weight is 263 g/mol. The molecule has 0 radical (unpaired) electrons. The fourth-order valence-corrected chi connectivity index (χ4v) is 2.89. The quantitative estimate of drug-likeness (QED) is 0.876. The van der Waals surface area contributed by atoms with E-state index in [9.17, 15) is 9.90 Å². The van der Waals surface area contributed by atoms with Gasteiger partial charge in [0.15, 0.2) is 0 Å². The molecule has 0 amide bonds. The summed E-state index contributed by atoms with van der Waals surface area (Å²) in [6, 6.07) is 7.46. The Labute approximate surface area is 113 Å². The predicted octanol–water partition coefficient (Wildman–Crippen LogP) is 3.14. The maximum absolute atomic E-state index is 11.8. The van der Waals surface area contributed by atoms with Crippen molar-refractivity contribution in [1.82, 2.24) is 0 Å². The number of carboxylic acid groups (broad SMARTS) is 1. The first-order valence-corrected chi connectivity index (χ1v) is 6.75. The van der Waals surface area contributed by atoms with Crippen LogP contribution in [0.5, 0.6) is 5.75 Å². The topological polar surface area (TPSA) is 58.6 Å².